The van der Waals surface area contributed by atoms with Gasteiger partial charge in [-0.05, 0) is 34.6 Å². The van der Waals surface area contributed by atoms with E-state index in [9.17, 15) is 4.79 Å². The molecule has 0 bridgehead atoms. The SMILES string of the molecule is CC(C)(C)OC(=O)NCC(C)(C)OCCO. The highest BCUT2D eigenvalue weighted by atomic mass is 16.6. The third kappa shape index (κ3) is 8.49. The zero-order valence-electron chi connectivity index (χ0n) is 10.8. The Kier molecular flexibility index (Phi) is 5.75. The highest BCUT2D eigenvalue weighted by Gasteiger charge is 2.21. The van der Waals surface area contributed by atoms with Gasteiger partial charge in [-0.15, -0.1) is 0 Å². The molecule has 0 saturated carbocycles. The van der Waals surface area contributed by atoms with Crippen molar-refractivity contribution in [3.63, 3.8) is 0 Å². The minimum atomic E-state index is -0.514. The molecule has 0 fully saturated rings. The van der Waals surface area contributed by atoms with Gasteiger partial charge in [0.25, 0.3) is 0 Å². The summed E-state index contributed by atoms with van der Waals surface area (Å²) in [4.78, 5) is 11.3. The van der Waals surface area contributed by atoms with Gasteiger partial charge < -0.3 is 19.9 Å². The molecule has 0 rings (SSSR count). The number of amides is 1. The molecule has 0 saturated heterocycles. The molecule has 16 heavy (non-hydrogen) atoms. The Hall–Kier alpha value is -0.810. The maximum absolute atomic E-state index is 11.3. The molecule has 2 N–H and O–H groups in total. The van der Waals surface area contributed by atoms with Gasteiger partial charge in [0.15, 0.2) is 0 Å². The lowest BCUT2D eigenvalue weighted by Gasteiger charge is -2.26. The Morgan fingerprint density at radius 1 is 1.25 bits per heavy atom. The van der Waals surface area contributed by atoms with Gasteiger partial charge in [0.05, 0.1) is 18.8 Å². The van der Waals surface area contributed by atoms with Gasteiger partial charge in [0.1, 0.15) is 5.60 Å². The van der Waals surface area contributed by atoms with Crippen LogP contribution in [0.2, 0.25) is 0 Å². The van der Waals surface area contributed by atoms with E-state index in [1.165, 1.54) is 0 Å². The summed E-state index contributed by atoms with van der Waals surface area (Å²) in [5.41, 5.74) is -1.01. The molecule has 96 valence electrons. The molecule has 0 aromatic carbocycles. The second-order valence-corrected chi connectivity index (χ2v) is 5.19. The highest BCUT2D eigenvalue weighted by molar-refractivity contribution is 5.67. The predicted molar refractivity (Wildman–Crippen MR) is 61.4 cm³/mol. The Morgan fingerprint density at radius 2 is 1.81 bits per heavy atom. The van der Waals surface area contributed by atoms with E-state index in [2.05, 4.69) is 5.32 Å². The molecule has 0 unspecified atom stereocenters. The number of aliphatic hydroxyl groups excluding tert-OH is 1. The average Bonchev–Trinajstić information content (AvgIpc) is 2.09. The summed E-state index contributed by atoms with van der Waals surface area (Å²) in [6.45, 7) is 9.64. The molecule has 0 aliphatic carbocycles. The summed E-state index contributed by atoms with van der Waals surface area (Å²) in [7, 11) is 0. The van der Waals surface area contributed by atoms with Crippen LogP contribution in [-0.4, -0.2) is 42.2 Å². The van der Waals surface area contributed by atoms with Crippen molar-refractivity contribution < 1.29 is 19.4 Å². The Bertz CT molecular complexity index is 221. The Balaban J connectivity index is 3.90. The number of nitrogens with one attached hydrogen (secondary N) is 1. The number of carbonyl (C=O) groups is 1. The van der Waals surface area contributed by atoms with E-state index in [0.717, 1.165) is 0 Å². The number of rotatable bonds is 5. The topological polar surface area (TPSA) is 67.8 Å². The van der Waals surface area contributed by atoms with Gasteiger partial charge >= 0.3 is 6.09 Å². The molecule has 0 aliphatic heterocycles. The molecule has 0 aromatic rings. The lowest BCUT2D eigenvalue weighted by atomic mass is 10.1. The molecule has 5 heteroatoms. The number of carbonyl (C=O) groups excluding carboxylic acids is 1. The summed E-state index contributed by atoms with van der Waals surface area (Å²) in [6, 6.07) is 0. The maximum Gasteiger partial charge on any atom is 0.407 e. The van der Waals surface area contributed by atoms with E-state index >= 15 is 0 Å². The van der Waals surface area contributed by atoms with E-state index in [1.54, 1.807) is 20.8 Å². The van der Waals surface area contributed by atoms with Crippen LogP contribution in [0.15, 0.2) is 0 Å². The van der Waals surface area contributed by atoms with Crippen LogP contribution in [0.3, 0.4) is 0 Å². The summed E-state index contributed by atoms with van der Waals surface area (Å²) in [6.07, 6.45) is -0.465. The number of hydrogen-bond acceptors (Lipinski definition) is 4. The fraction of sp³-hybridized carbons (Fsp3) is 0.909. The van der Waals surface area contributed by atoms with E-state index in [0.29, 0.717) is 6.54 Å². The third-order valence-corrected chi connectivity index (χ3v) is 1.64. The average molecular weight is 233 g/mol. The van der Waals surface area contributed by atoms with Crippen molar-refractivity contribution in [1.29, 1.82) is 0 Å². The van der Waals surface area contributed by atoms with Crippen LogP contribution in [0, 0.1) is 0 Å². The van der Waals surface area contributed by atoms with Crippen LogP contribution >= 0.6 is 0 Å². The molecule has 5 nitrogen and oxygen atoms in total. The number of alkyl carbamates (subject to hydrolysis) is 1. The van der Waals surface area contributed by atoms with E-state index in [4.69, 9.17) is 14.6 Å². The number of hydrogen-bond donors (Lipinski definition) is 2. The van der Waals surface area contributed by atoms with Crippen LogP contribution < -0.4 is 5.32 Å². The second-order valence-electron chi connectivity index (χ2n) is 5.19. The van der Waals surface area contributed by atoms with Crippen molar-refractivity contribution in [3.05, 3.63) is 0 Å². The van der Waals surface area contributed by atoms with Crippen LogP contribution in [0.4, 0.5) is 4.79 Å². The molecular formula is C11H23NO4. The predicted octanol–water partition coefficient (Wildman–Crippen LogP) is 1.30. The van der Waals surface area contributed by atoms with Gasteiger partial charge in [-0.2, -0.15) is 0 Å². The van der Waals surface area contributed by atoms with Gasteiger partial charge in [0, 0.05) is 6.54 Å². The van der Waals surface area contributed by atoms with Crippen LogP contribution in [0.5, 0.6) is 0 Å². The zero-order chi connectivity index (χ0) is 12.8. The minimum absolute atomic E-state index is 0.0319. The van der Waals surface area contributed by atoms with Crippen molar-refractivity contribution in [3.8, 4) is 0 Å². The molecule has 0 aliphatic rings. The second kappa shape index (κ2) is 6.06. The lowest BCUT2D eigenvalue weighted by Crippen LogP contribution is -2.43. The highest BCUT2D eigenvalue weighted by Crippen LogP contribution is 2.09. The molecule has 0 atom stereocenters. The first kappa shape index (κ1) is 15.2. The van der Waals surface area contributed by atoms with Gasteiger partial charge in [-0.3, -0.25) is 0 Å². The number of ether oxygens (including phenoxy) is 2. The summed E-state index contributed by atoms with van der Waals surface area (Å²) < 4.78 is 10.4. The van der Waals surface area contributed by atoms with Gasteiger partial charge in [-0.25, -0.2) is 4.79 Å². The standard InChI is InChI=1S/C11H23NO4/c1-10(2,3)16-9(14)12-8-11(4,5)15-7-6-13/h13H,6-8H2,1-5H3,(H,12,14). The lowest BCUT2D eigenvalue weighted by molar-refractivity contribution is -0.0333. The molecule has 1 amide bonds. The monoisotopic (exact) mass is 233 g/mol. The fourth-order valence-corrected chi connectivity index (χ4v) is 0.972. The van der Waals surface area contributed by atoms with E-state index in [-0.39, 0.29) is 13.2 Å². The van der Waals surface area contributed by atoms with Crippen LogP contribution in [0.1, 0.15) is 34.6 Å². The van der Waals surface area contributed by atoms with Crippen molar-refractivity contribution in [2.24, 2.45) is 0 Å². The quantitative estimate of drug-likeness (QED) is 0.751. The fourth-order valence-electron chi connectivity index (χ4n) is 0.972. The first-order valence-corrected chi connectivity index (χ1v) is 5.38. The minimum Gasteiger partial charge on any atom is -0.444 e. The van der Waals surface area contributed by atoms with Crippen molar-refractivity contribution in [2.75, 3.05) is 19.8 Å². The summed E-state index contributed by atoms with van der Waals surface area (Å²) in [5, 5.41) is 11.2. The molecule has 0 spiro atoms. The first-order chi connectivity index (χ1) is 7.16. The van der Waals surface area contributed by atoms with Crippen molar-refractivity contribution in [2.45, 2.75) is 45.8 Å². The Labute approximate surface area is 97.1 Å². The Morgan fingerprint density at radius 3 is 2.25 bits per heavy atom. The van der Waals surface area contributed by atoms with Crippen LogP contribution in [-0.2, 0) is 9.47 Å². The van der Waals surface area contributed by atoms with E-state index < -0.39 is 17.3 Å². The number of aliphatic hydroxyl groups is 1. The maximum atomic E-state index is 11.3. The smallest absolute Gasteiger partial charge is 0.407 e. The molecule has 0 heterocycles. The summed E-state index contributed by atoms with van der Waals surface area (Å²) in [5.74, 6) is 0. The zero-order valence-corrected chi connectivity index (χ0v) is 10.8. The normalized spacial score (nSPS) is 12.4. The van der Waals surface area contributed by atoms with Crippen molar-refractivity contribution >= 4 is 6.09 Å². The molecular weight excluding hydrogens is 210 g/mol. The van der Waals surface area contributed by atoms with Gasteiger partial charge in [0.2, 0.25) is 0 Å². The van der Waals surface area contributed by atoms with Crippen molar-refractivity contribution in [1.82, 2.24) is 5.32 Å². The van der Waals surface area contributed by atoms with E-state index in [1.807, 2.05) is 13.8 Å². The molecule has 0 aromatic heterocycles. The first-order valence-electron chi connectivity index (χ1n) is 5.38. The van der Waals surface area contributed by atoms with Crippen LogP contribution in [0.25, 0.3) is 0 Å². The van der Waals surface area contributed by atoms with Gasteiger partial charge in [-0.1, -0.05) is 0 Å². The third-order valence-electron chi connectivity index (χ3n) is 1.64. The molecule has 0 radical (unpaired) electrons. The largest absolute Gasteiger partial charge is 0.444 e. The summed E-state index contributed by atoms with van der Waals surface area (Å²) >= 11 is 0.